The molecule has 0 bridgehead atoms. The van der Waals surface area contributed by atoms with Gasteiger partial charge in [0, 0.05) is 6.04 Å². The number of nitrogens with one attached hydrogen (secondary N) is 1. The minimum absolute atomic E-state index is 0.0794. The Kier molecular flexibility index (Phi) is 8.03. The number of amides is 1. The molecule has 1 fully saturated rings. The third kappa shape index (κ3) is 5.48. The van der Waals surface area contributed by atoms with Gasteiger partial charge in [-0.3, -0.25) is 9.69 Å². The Labute approximate surface area is 140 Å². The quantitative estimate of drug-likeness (QED) is 0.719. The molecule has 1 amide bonds. The molecular formula is C18H34N2O3. The predicted octanol–water partition coefficient (Wildman–Crippen LogP) is 2.89. The van der Waals surface area contributed by atoms with Gasteiger partial charge in [-0.2, -0.15) is 0 Å². The van der Waals surface area contributed by atoms with E-state index in [4.69, 9.17) is 0 Å². The van der Waals surface area contributed by atoms with Crippen molar-refractivity contribution in [2.45, 2.75) is 84.3 Å². The summed E-state index contributed by atoms with van der Waals surface area (Å²) in [5.74, 6) is -1.03. The van der Waals surface area contributed by atoms with Crippen molar-refractivity contribution in [1.29, 1.82) is 0 Å². The van der Waals surface area contributed by atoms with Crippen LogP contribution in [0.5, 0.6) is 0 Å². The van der Waals surface area contributed by atoms with Crippen LogP contribution < -0.4 is 5.32 Å². The van der Waals surface area contributed by atoms with Crippen molar-refractivity contribution in [1.82, 2.24) is 10.2 Å². The molecule has 3 atom stereocenters. The van der Waals surface area contributed by atoms with Crippen LogP contribution in [-0.2, 0) is 9.59 Å². The normalized spacial score (nSPS) is 20.3. The number of nitrogens with zero attached hydrogens (tertiary/aromatic N) is 1. The molecule has 0 aromatic rings. The number of rotatable bonds is 8. The SMILES string of the molecule is CCC(C)C(NC(=O)C(C(C)C)N(C)C1CCCCC1)C(=O)O. The summed E-state index contributed by atoms with van der Waals surface area (Å²) in [4.78, 5) is 26.4. The highest BCUT2D eigenvalue weighted by Crippen LogP contribution is 2.25. The summed E-state index contributed by atoms with van der Waals surface area (Å²) in [5.41, 5.74) is 0. The fourth-order valence-electron chi connectivity index (χ4n) is 3.60. The second kappa shape index (κ2) is 9.26. The molecule has 0 heterocycles. The monoisotopic (exact) mass is 326 g/mol. The second-order valence-electron chi connectivity index (χ2n) is 7.36. The predicted molar refractivity (Wildman–Crippen MR) is 92.3 cm³/mol. The van der Waals surface area contributed by atoms with Gasteiger partial charge in [0.2, 0.25) is 5.91 Å². The van der Waals surface area contributed by atoms with E-state index >= 15 is 0 Å². The fourth-order valence-corrected chi connectivity index (χ4v) is 3.60. The lowest BCUT2D eigenvalue weighted by atomic mass is 9.91. The minimum atomic E-state index is -0.949. The van der Waals surface area contributed by atoms with E-state index in [2.05, 4.69) is 10.2 Å². The van der Waals surface area contributed by atoms with Crippen LogP contribution >= 0.6 is 0 Å². The minimum Gasteiger partial charge on any atom is -0.480 e. The van der Waals surface area contributed by atoms with Crippen LogP contribution in [-0.4, -0.2) is 47.1 Å². The summed E-state index contributed by atoms with van der Waals surface area (Å²) >= 11 is 0. The molecular weight excluding hydrogens is 292 g/mol. The van der Waals surface area contributed by atoms with Gasteiger partial charge in [-0.05, 0) is 31.7 Å². The van der Waals surface area contributed by atoms with E-state index in [1.165, 1.54) is 19.3 Å². The molecule has 0 radical (unpaired) electrons. The van der Waals surface area contributed by atoms with Crippen LogP contribution in [0.1, 0.15) is 66.2 Å². The van der Waals surface area contributed by atoms with E-state index < -0.39 is 12.0 Å². The van der Waals surface area contributed by atoms with Crippen LogP contribution in [0.25, 0.3) is 0 Å². The first-order valence-electron chi connectivity index (χ1n) is 9.04. The number of aliphatic carboxylic acids is 1. The van der Waals surface area contributed by atoms with Gasteiger partial charge in [-0.25, -0.2) is 4.79 Å². The van der Waals surface area contributed by atoms with Crippen molar-refractivity contribution in [2.75, 3.05) is 7.05 Å². The van der Waals surface area contributed by atoms with Crippen molar-refractivity contribution in [2.24, 2.45) is 11.8 Å². The average molecular weight is 326 g/mol. The third-order valence-corrected chi connectivity index (χ3v) is 5.27. The number of carboxylic acid groups (broad SMARTS) is 1. The van der Waals surface area contributed by atoms with Crippen molar-refractivity contribution in [3.05, 3.63) is 0 Å². The molecule has 0 saturated heterocycles. The van der Waals surface area contributed by atoms with Crippen LogP contribution in [0.4, 0.5) is 0 Å². The van der Waals surface area contributed by atoms with Crippen LogP contribution in [0.3, 0.4) is 0 Å². The van der Waals surface area contributed by atoms with Gasteiger partial charge < -0.3 is 10.4 Å². The number of carbonyl (C=O) groups is 2. The van der Waals surface area contributed by atoms with Crippen LogP contribution in [0.2, 0.25) is 0 Å². The van der Waals surface area contributed by atoms with Gasteiger partial charge in [-0.15, -0.1) is 0 Å². The molecule has 5 nitrogen and oxygen atoms in total. The molecule has 2 N–H and O–H groups in total. The summed E-state index contributed by atoms with van der Waals surface area (Å²) in [6.07, 6.45) is 6.68. The molecule has 1 aliphatic carbocycles. The van der Waals surface area contributed by atoms with Gasteiger partial charge >= 0.3 is 5.97 Å². The van der Waals surface area contributed by atoms with Gasteiger partial charge in [0.15, 0.2) is 0 Å². The highest BCUT2D eigenvalue weighted by atomic mass is 16.4. The Morgan fingerprint density at radius 2 is 1.74 bits per heavy atom. The molecule has 1 rings (SSSR count). The van der Waals surface area contributed by atoms with Crippen molar-refractivity contribution >= 4 is 11.9 Å². The molecule has 0 aliphatic heterocycles. The first kappa shape index (κ1) is 19.9. The maximum absolute atomic E-state index is 12.8. The zero-order chi connectivity index (χ0) is 17.6. The highest BCUT2D eigenvalue weighted by molar-refractivity contribution is 5.87. The van der Waals surface area contributed by atoms with Crippen LogP contribution in [0.15, 0.2) is 0 Å². The summed E-state index contributed by atoms with van der Waals surface area (Å²) < 4.78 is 0. The van der Waals surface area contributed by atoms with Gasteiger partial charge in [0.05, 0.1) is 6.04 Å². The van der Waals surface area contributed by atoms with Gasteiger partial charge in [-0.1, -0.05) is 53.4 Å². The fraction of sp³-hybridized carbons (Fsp3) is 0.889. The Morgan fingerprint density at radius 1 is 1.17 bits per heavy atom. The van der Waals surface area contributed by atoms with Gasteiger partial charge in [0.25, 0.3) is 0 Å². The van der Waals surface area contributed by atoms with E-state index in [0.717, 1.165) is 19.3 Å². The first-order valence-corrected chi connectivity index (χ1v) is 9.04. The van der Waals surface area contributed by atoms with E-state index in [1.54, 1.807) is 0 Å². The first-order chi connectivity index (χ1) is 10.8. The lowest BCUT2D eigenvalue weighted by Gasteiger charge is -2.39. The Bertz CT molecular complexity index is 392. The van der Waals surface area contributed by atoms with E-state index in [1.807, 2.05) is 34.7 Å². The molecule has 3 unspecified atom stereocenters. The Hall–Kier alpha value is -1.10. The Morgan fingerprint density at radius 3 is 2.17 bits per heavy atom. The highest BCUT2D eigenvalue weighted by Gasteiger charge is 2.34. The molecule has 134 valence electrons. The largest absolute Gasteiger partial charge is 0.480 e. The average Bonchev–Trinajstić information content (AvgIpc) is 2.52. The van der Waals surface area contributed by atoms with E-state index in [0.29, 0.717) is 6.04 Å². The number of hydrogen-bond donors (Lipinski definition) is 2. The summed E-state index contributed by atoms with van der Waals surface area (Å²) in [6.45, 7) is 7.88. The van der Waals surface area contributed by atoms with Crippen LogP contribution in [0, 0.1) is 11.8 Å². The molecule has 1 saturated carbocycles. The number of carbonyl (C=O) groups excluding carboxylic acids is 1. The van der Waals surface area contributed by atoms with Crippen molar-refractivity contribution in [3.8, 4) is 0 Å². The number of hydrogen-bond acceptors (Lipinski definition) is 3. The lowest BCUT2D eigenvalue weighted by Crippen LogP contribution is -2.56. The standard InChI is InChI=1S/C18H34N2O3/c1-6-13(4)15(18(22)23)19-17(21)16(12(2)3)20(5)14-10-8-7-9-11-14/h12-16H,6-11H2,1-5H3,(H,19,21)(H,22,23). The van der Waals surface area contributed by atoms with Crippen molar-refractivity contribution < 1.29 is 14.7 Å². The number of carboxylic acids is 1. The molecule has 0 spiro atoms. The maximum Gasteiger partial charge on any atom is 0.326 e. The van der Waals surface area contributed by atoms with E-state index in [-0.39, 0.29) is 23.8 Å². The summed E-state index contributed by atoms with van der Waals surface area (Å²) in [6, 6.07) is -0.661. The van der Waals surface area contributed by atoms with E-state index in [9.17, 15) is 14.7 Å². The second-order valence-corrected chi connectivity index (χ2v) is 7.36. The Balaban J connectivity index is 2.82. The summed E-state index contributed by atoms with van der Waals surface area (Å²) in [7, 11) is 2.01. The molecule has 23 heavy (non-hydrogen) atoms. The smallest absolute Gasteiger partial charge is 0.326 e. The van der Waals surface area contributed by atoms with Crippen molar-refractivity contribution in [3.63, 3.8) is 0 Å². The zero-order valence-corrected chi connectivity index (χ0v) is 15.3. The zero-order valence-electron chi connectivity index (χ0n) is 15.3. The summed E-state index contributed by atoms with van der Waals surface area (Å²) in [5, 5.41) is 12.2. The molecule has 0 aromatic carbocycles. The lowest BCUT2D eigenvalue weighted by molar-refractivity contribution is -0.144. The van der Waals surface area contributed by atoms with Gasteiger partial charge in [0.1, 0.15) is 6.04 Å². The maximum atomic E-state index is 12.8. The third-order valence-electron chi connectivity index (χ3n) is 5.27. The molecule has 5 heteroatoms. The molecule has 1 aliphatic rings. The topological polar surface area (TPSA) is 69.6 Å². The number of likely N-dealkylation sites (N-methyl/N-ethyl adjacent to an activating group) is 1. The molecule has 0 aromatic heterocycles.